The number of rotatable bonds is 3. The summed E-state index contributed by atoms with van der Waals surface area (Å²) in [6, 6.07) is 0. The molecule has 0 bridgehead atoms. The molecule has 0 aromatic heterocycles. The molecule has 70 valence electrons. The molecule has 0 saturated heterocycles. The van der Waals surface area contributed by atoms with Gasteiger partial charge in [0.25, 0.3) is 11.8 Å². The number of imide groups is 1. The molecule has 1 rings (SSSR count). The number of hydrogen-bond acceptors (Lipinski definition) is 3. The molecule has 5 nitrogen and oxygen atoms in total. The first-order valence-corrected chi connectivity index (χ1v) is 3.85. The van der Waals surface area contributed by atoms with E-state index in [-0.39, 0.29) is 24.8 Å². The van der Waals surface area contributed by atoms with Gasteiger partial charge in [-0.05, 0) is 6.92 Å². The molecule has 0 aromatic rings. The highest BCUT2D eigenvalue weighted by Gasteiger charge is 2.27. The number of carbonyl (C=O) groups is 3. The minimum Gasteiger partial charge on any atom is -0.370 e. The molecule has 0 atom stereocenters. The predicted octanol–water partition coefficient (Wildman–Crippen LogP) is -0.823. The molecule has 1 aliphatic rings. The molecule has 0 fully saturated rings. The lowest BCUT2D eigenvalue weighted by atomic mass is 10.3. The summed E-state index contributed by atoms with van der Waals surface area (Å²) in [6.07, 6.45) is 1.27. The van der Waals surface area contributed by atoms with Crippen molar-refractivity contribution in [3.8, 4) is 0 Å². The predicted molar refractivity (Wildman–Crippen MR) is 44.3 cm³/mol. The van der Waals surface area contributed by atoms with Crippen molar-refractivity contribution in [2.45, 2.75) is 13.3 Å². The van der Waals surface area contributed by atoms with Crippen LogP contribution in [0.2, 0.25) is 0 Å². The molecule has 0 unspecified atom stereocenters. The molecule has 1 aliphatic heterocycles. The molecule has 0 saturated carbocycles. The van der Waals surface area contributed by atoms with E-state index in [1.54, 1.807) is 6.92 Å². The summed E-state index contributed by atoms with van der Waals surface area (Å²) < 4.78 is 0. The zero-order valence-electron chi connectivity index (χ0n) is 7.24. The van der Waals surface area contributed by atoms with Crippen LogP contribution in [-0.2, 0) is 14.4 Å². The first kappa shape index (κ1) is 9.44. The van der Waals surface area contributed by atoms with E-state index < -0.39 is 5.91 Å². The summed E-state index contributed by atoms with van der Waals surface area (Å²) in [5.41, 5.74) is 5.29. The summed E-state index contributed by atoms with van der Waals surface area (Å²) in [5, 5.41) is 0. The molecule has 3 amide bonds. The van der Waals surface area contributed by atoms with Crippen LogP contribution in [0.25, 0.3) is 0 Å². The number of nitrogens with two attached hydrogens (primary N) is 1. The van der Waals surface area contributed by atoms with Crippen molar-refractivity contribution >= 4 is 17.7 Å². The van der Waals surface area contributed by atoms with Gasteiger partial charge < -0.3 is 5.73 Å². The molecule has 0 aromatic carbocycles. The third-order valence-electron chi connectivity index (χ3n) is 1.77. The van der Waals surface area contributed by atoms with Gasteiger partial charge in [0, 0.05) is 24.6 Å². The van der Waals surface area contributed by atoms with E-state index >= 15 is 0 Å². The number of nitrogens with zero attached hydrogens (tertiary/aromatic N) is 1. The highest BCUT2D eigenvalue weighted by atomic mass is 16.2. The van der Waals surface area contributed by atoms with Crippen molar-refractivity contribution in [3.63, 3.8) is 0 Å². The van der Waals surface area contributed by atoms with E-state index in [9.17, 15) is 14.4 Å². The normalized spacial score (nSPS) is 16.4. The lowest BCUT2D eigenvalue weighted by molar-refractivity contribution is -0.137. The monoisotopic (exact) mass is 182 g/mol. The molecule has 0 aliphatic carbocycles. The van der Waals surface area contributed by atoms with Gasteiger partial charge in [0.1, 0.15) is 0 Å². The lowest BCUT2D eigenvalue weighted by Crippen LogP contribution is -2.33. The van der Waals surface area contributed by atoms with Crippen molar-refractivity contribution in [1.29, 1.82) is 0 Å². The molecule has 2 N–H and O–H groups in total. The van der Waals surface area contributed by atoms with Crippen molar-refractivity contribution in [2.24, 2.45) is 5.73 Å². The van der Waals surface area contributed by atoms with Crippen LogP contribution >= 0.6 is 0 Å². The smallest absolute Gasteiger partial charge is 0.256 e. The SMILES string of the molecule is CC1=CC(=O)N(CCC(N)=O)C1=O. The second kappa shape index (κ2) is 3.38. The highest BCUT2D eigenvalue weighted by molar-refractivity contribution is 6.15. The molecule has 13 heavy (non-hydrogen) atoms. The zero-order valence-corrected chi connectivity index (χ0v) is 7.24. The molecule has 0 spiro atoms. The molecular formula is C8H10N2O3. The van der Waals surface area contributed by atoms with E-state index in [1.807, 2.05) is 0 Å². The van der Waals surface area contributed by atoms with Crippen molar-refractivity contribution < 1.29 is 14.4 Å². The van der Waals surface area contributed by atoms with E-state index in [4.69, 9.17) is 5.73 Å². The fourth-order valence-electron chi connectivity index (χ4n) is 1.07. The van der Waals surface area contributed by atoms with Crippen LogP contribution in [0.4, 0.5) is 0 Å². The van der Waals surface area contributed by atoms with Crippen LogP contribution in [0.5, 0.6) is 0 Å². The third-order valence-corrected chi connectivity index (χ3v) is 1.77. The van der Waals surface area contributed by atoms with Crippen LogP contribution in [0.3, 0.4) is 0 Å². The largest absolute Gasteiger partial charge is 0.370 e. The van der Waals surface area contributed by atoms with Crippen LogP contribution in [0.1, 0.15) is 13.3 Å². The fraction of sp³-hybridized carbons (Fsp3) is 0.375. The minimum absolute atomic E-state index is 0.0125. The Labute approximate surface area is 75.2 Å². The van der Waals surface area contributed by atoms with Crippen LogP contribution in [-0.4, -0.2) is 29.2 Å². The number of primary amides is 1. The second-order valence-corrected chi connectivity index (χ2v) is 2.84. The number of carbonyl (C=O) groups excluding carboxylic acids is 3. The molecular weight excluding hydrogens is 172 g/mol. The van der Waals surface area contributed by atoms with Gasteiger partial charge in [-0.25, -0.2) is 0 Å². The van der Waals surface area contributed by atoms with Crippen molar-refractivity contribution in [1.82, 2.24) is 4.90 Å². The van der Waals surface area contributed by atoms with Crippen LogP contribution in [0, 0.1) is 0 Å². The van der Waals surface area contributed by atoms with Gasteiger partial charge in [-0.3, -0.25) is 19.3 Å². The molecule has 5 heteroatoms. The van der Waals surface area contributed by atoms with Crippen molar-refractivity contribution in [2.75, 3.05) is 6.54 Å². The van der Waals surface area contributed by atoms with Crippen molar-refractivity contribution in [3.05, 3.63) is 11.6 Å². The Morgan fingerprint density at radius 2 is 2.15 bits per heavy atom. The second-order valence-electron chi connectivity index (χ2n) is 2.84. The van der Waals surface area contributed by atoms with Gasteiger partial charge in [0.15, 0.2) is 0 Å². The van der Waals surface area contributed by atoms with E-state index in [0.717, 1.165) is 4.90 Å². The Morgan fingerprint density at radius 1 is 1.54 bits per heavy atom. The summed E-state index contributed by atoms with van der Waals surface area (Å²) in [6.45, 7) is 1.63. The van der Waals surface area contributed by atoms with Gasteiger partial charge in [0.05, 0.1) is 0 Å². The summed E-state index contributed by atoms with van der Waals surface area (Å²) in [5.74, 6) is -1.24. The first-order chi connectivity index (χ1) is 6.02. The lowest BCUT2D eigenvalue weighted by Gasteiger charge is -2.12. The summed E-state index contributed by atoms with van der Waals surface area (Å²) in [7, 11) is 0. The van der Waals surface area contributed by atoms with Gasteiger partial charge in [-0.15, -0.1) is 0 Å². The summed E-state index contributed by atoms with van der Waals surface area (Å²) in [4.78, 5) is 33.7. The number of amides is 3. The quantitative estimate of drug-likeness (QED) is 0.579. The Hall–Kier alpha value is -1.65. The molecule has 0 radical (unpaired) electrons. The van der Waals surface area contributed by atoms with Gasteiger partial charge in [-0.1, -0.05) is 0 Å². The van der Waals surface area contributed by atoms with E-state index in [0.29, 0.717) is 5.57 Å². The maximum absolute atomic E-state index is 11.2. The van der Waals surface area contributed by atoms with Crippen LogP contribution in [0.15, 0.2) is 11.6 Å². The maximum atomic E-state index is 11.2. The fourth-order valence-corrected chi connectivity index (χ4v) is 1.07. The Balaban J connectivity index is 2.59. The standard InChI is InChI=1S/C8H10N2O3/c1-5-4-7(12)10(8(5)13)3-2-6(9)11/h4H,2-3H2,1H3,(H2,9,11). The maximum Gasteiger partial charge on any atom is 0.256 e. The highest BCUT2D eigenvalue weighted by Crippen LogP contribution is 2.11. The number of hydrogen-bond donors (Lipinski definition) is 1. The topological polar surface area (TPSA) is 80.5 Å². The average Bonchev–Trinajstić information content (AvgIpc) is 2.24. The van der Waals surface area contributed by atoms with Gasteiger partial charge in [0.2, 0.25) is 5.91 Å². The van der Waals surface area contributed by atoms with E-state index in [2.05, 4.69) is 0 Å². The Morgan fingerprint density at radius 3 is 2.54 bits per heavy atom. The zero-order chi connectivity index (χ0) is 10.0. The first-order valence-electron chi connectivity index (χ1n) is 3.85. The molecule has 1 heterocycles. The summed E-state index contributed by atoms with van der Waals surface area (Å²) >= 11 is 0. The minimum atomic E-state index is -0.523. The Kier molecular flexibility index (Phi) is 2.46. The third kappa shape index (κ3) is 1.93. The van der Waals surface area contributed by atoms with Crippen LogP contribution < -0.4 is 5.73 Å². The van der Waals surface area contributed by atoms with Gasteiger partial charge >= 0.3 is 0 Å². The average molecular weight is 182 g/mol. The van der Waals surface area contributed by atoms with E-state index in [1.165, 1.54) is 6.08 Å². The van der Waals surface area contributed by atoms with Gasteiger partial charge in [-0.2, -0.15) is 0 Å². The Bertz CT molecular complexity index is 307.